The molecule has 0 heterocycles. The first kappa shape index (κ1) is 23.3. The molecule has 30 heavy (non-hydrogen) atoms. The molecular formula is C27H37O2Si. The van der Waals surface area contributed by atoms with Crippen molar-refractivity contribution in [3.63, 3.8) is 0 Å². The fraction of sp³-hybridized carbons (Fsp3) is 0.667. The second-order valence-corrected chi connectivity index (χ2v) is 11.0. The van der Waals surface area contributed by atoms with Crippen LogP contribution in [0.4, 0.5) is 0 Å². The molecule has 2 nitrogen and oxygen atoms in total. The lowest BCUT2D eigenvalue weighted by molar-refractivity contribution is -0.136. The molecule has 2 aliphatic carbocycles. The van der Waals surface area contributed by atoms with E-state index in [0.29, 0.717) is 11.7 Å². The number of Topliss-reactive ketones (excluding diaryl/α,β-unsaturated/α-hetero) is 1. The van der Waals surface area contributed by atoms with Crippen molar-refractivity contribution in [2.24, 2.45) is 23.2 Å². The van der Waals surface area contributed by atoms with Crippen LogP contribution in [0.25, 0.3) is 0 Å². The third kappa shape index (κ3) is 4.06. The van der Waals surface area contributed by atoms with E-state index in [9.17, 15) is 4.79 Å². The number of carbonyl (C=O) groups excluding carboxylic acids is 1. The lowest BCUT2D eigenvalue weighted by atomic mass is 9.53. The van der Waals surface area contributed by atoms with Gasteiger partial charge in [-0.2, -0.15) is 0 Å². The molecule has 3 heteroatoms. The summed E-state index contributed by atoms with van der Waals surface area (Å²) in [6.45, 7) is 13.2. The summed E-state index contributed by atoms with van der Waals surface area (Å²) < 4.78 is 5.64. The minimum atomic E-state index is -0.389. The Bertz CT molecular complexity index is 844. The maximum absolute atomic E-state index is 12.6. The topological polar surface area (TPSA) is 26.3 Å². The van der Waals surface area contributed by atoms with Gasteiger partial charge >= 0.3 is 0 Å². The summed E-state index contributed by atoms with van der Waals surface area (Å²) >= 11 is 0. The summed E-state index contributed by atoms with van der Waals surface area (Å²) in [6.07, 6.45) is 6.41. The summed E-state index contributed by atoms with van der Waals surface area (Å²) in [5.41, 5.74) is 1.78. The van der Waals surface area contributed by atoms with E-state index in [0.717, 1.165) is 31.2 Å². The van der Waals surface area contributed by atoms with Crippen LogP contribution in [0.3, 0.4) is 0 Å². The molecule has 1 aromatic rings. The van der Waals surface area contributed by atoms with Crippen LogP contribution in [0.1, 0.15) is 91.2 Å². The number of hydrogen-bond acceptors (Lipinski definition) is 2. The van der Waals surface area contributed by atoms with Crippen LogP contribution < -0.4 is 0 Å². The minimum absolute atomic E-state index is 0.117. The summed E-state index contributed by atoms with van der Waals surface area (Å²) in [6, 6.07) is 8.43. The summed E-state index contributed by atoms with van der Waals surface area (Å²) in [5, 5.41) is 0. The van der Waals surface area contributed by atoms with Crippen LogP contribution in [-0.4, -0.2) is 21.9 Å². The highest BCUT2D eigenvalue weighted by Crippen LogP contribution is 2.54. The van der Waals surface area contributed by atoms with Crippen molar-refractivity contribution >= 4 is 16.3 Å². The van der Waals surface area contributed by atoms with Crippen molar-refractivity contribution < 1.29 is 9.22 Å². The third-order valence-electron chi connectivity index (χ3n) is 8.58. The van der Waals surface area contributed by atoms with Crippen molar-refractivity contribution in [3.05, 3.63) is 35.4 Å². The lowest BCUT2D eigenvalue weighted by Crippen LogP contribution is -2.47. The Balaban J connectivity index is 1.91. The predicted octanol–water partition coefficient (Wildman–Crippen LogP) is 6.01. The molecule has 2 fully saturated rings. The van der Waals surface area contributed by atoms with Crippen molar-refractivity contribution in [2.45, 2.75) is 91.1 Å². The summed E-state index contributed by atoms with van der Waals surface area (Å²) in [4.78, 5) is 12.6. The first-order valence-corrected chi connectivity index (χ1v) is 11.9. The Labute approximate surface area is 187 Å². The number of ketones is 1. The standard InChI is InChI=1S/C27H37O2Si/c1-19(21-13-9-14-23-24(28)15-10-18-27(21,23)6)16-17-20-11-7-8-12-22(20)25(2,3)26(4,5)29-30/h7-8,11-12,19,21,23H,9-10,13-15,18H2,1-6H3/t19-,21-,23+,27-/m1/s1. The molecule has 161 valence electrons. The molecule has 0 aliphatic heterocycles. The maximum Gasteiger partial charge on any atom is 0.247 e. The fourth-order valence-corrected chi connectivity index (χ4v) is 6.12. The van der Waals surface area contributed by atoms with Gasteiger partial charge in [-0.3, -0.25) is 4.79 Å². The van der Waals surface area contributed by atoms with Gasteiger partial charge in [0.1, 0.15) is 5.78 Å². The molecule has 0 bridgehead atoms. The molecule has 1 aromatic carbocycles. The van der Waals surface area contributed by atoms with E-state index in [4.69, 9.17) is 4.43 Å². The molecule has 0 saturated heterocycles. The van der Waals surface area contributed by atoms with E-state index in [2.05, 4.69) is 88.1 Å². The van der Waals surface area contributed by atoms with Gasteiger partial charge in [-0.25, -0.2) is 0 Å². The van der Waals surface area contributed by atoms with Gasteiger partial charge in [0.2, 0.25) is 10.5 Å². The quantitative estimate of drug-likeness (QED) is 0.440. The van der Waals surface area contributed by atoms with Crippen LogP contribution in [0, 0.1) is 35.0 Å². The minimum Gasteiger partial charge on any atom is -0.413 e. The Morgan fingerprint density at radius 3 is 2.57 bits per heavy atom. The van der Waals surface area contributed by atoms with E-state index in [1.165, 1.54) is 18.4 Å². The SMILES string of the molecule is C[C@H](C#Cc1ccccc1C(C)(C)C(C)(C)O[Si])[C@H]1CCC[C@H]2C(=O)CCC[C@]12C. The monoisotopic (exact) mass is 421 g/mol. The molecule has 3 radical (unpaired) electrons. The van der Waals surface area contributed by atoms with E-state index < -0.39 is 0 Å². The van der Waals surface area contributed by atoms with Gasteiger partial charge in [-0.05, 0) is 62.5 Å². The van der Waals surface area contributed by atoms with Gasteiger partial charge in [-0.15, -0.1) is 0 Å². The average Bonchev–Trinajstić information content (AvgIpc) is 2.71. The Hall–Kier alpha value is -1.37. The number of hydrogen-bond donors (Lipinski definition) is 0. The Morgan fingerprint density at radius 1 is 1.17 bits per heavy atom. The van der Waals surface area contributed by atoms with Crippen molar-refractivity contribution in [1.29, 1.82) is 0 Å². The first-order chi connectivity index (χ1) is 14.0. The molecule has 0 N–H and O–H groups in total. The average molecular weight is 422 g/mol. The molecule has 3 rings (SSSR count). The normalized spacial score (nSPS) is 28.3. The van der Waals surface area contributed by atoms with Gasteiger partial charge in [0.05, 0.1) is 5.60 Å². The van der Waals surface area contributed by atoms with Crippen LogP contribution in [0.5, 0.6) is 0 Å². The number of benzene rings is 1. The van der Waals surface area contributed by atoms with Crippen LogP contribution in [0.2, 0.25) is 0 Å². The maximum atomic E-state index is 12.6. The van der Waals surface area contributed by atoms with Gasteiger partial charge in [-0.1, -0.05) is 64.2 Å². The fourth-order valence-electron chi connectivity index (χ4n) is 5.87. The largest absolute Gasteiger partial charge is 0.413 e. The molecule has 0 unspecified atom stereocenters. The smallest absolute Gasteiger partial charge is 0.247 e. The second-order valence-electron chi connectivity index (χ2n) is 10.8. The molecule has 0 aromatic heterocycles. The Morgan fingerprint density at radius 2 is 1.87 bits per heavy atom. The van der Waals surface area contributed by atoms with Crippen molar-refractivity contribution in [2.75, 3.05) is 0 Å². The number of rotatable bonds is 4. The zero-order valence-electron chi connectivity index (χ0n) is 19.6. The summed E-state index contributed by atoms with van der Waals surface area (Å²) in [5.74, 6) is 8.66. The zero-order chi connectivity index (χ0) is 22.2. The molecule has 0 amide bonds. The first-order valence-electron chi connectivity index (χ1n) is 11.5. The van der Waals surface area contributed by atoms with Crippen LogP contribution >= 0.6 is 0 Å². The third-order valence-corrected chi connectivity index (χ3v) is 9.09. The van der Waals surface area contributed by atoms with Crippen LogP contribution in [-0.2, 0) is 14.6 Å². The van der Waals surface area contributed by atoms with Gasteiger partial charge in [0.25, 0.3) is 0 Å². The zero-order valence-corrected chi connectivity index (χ0v) is 20.6. The molecule has 2 saturated carbocycles. The van der Waals surface area contributed by atoms with Crippen molar-refractivity contribution in [1.82, 2.24) is 0 Å². The second kappa shape index (κ2) is 8.64. The van der Waals surface area contributed by atoms with Gasteiger partial charge < -0.3 is 4.43 Å². The van der Waals surface area contributed by atoms with E-state index in [-0.39, 0.29) is 28.3 Å². The van der Waals surface area contributed by atoms with Crippen LogP contribution in [0.15, 0.2) is 24.3 Å². The number of fused-ring (bicyclic) bond motifs is 1. The molecule has 2 aliphatic rings. The molecule has 4 atom stereocenters. The lowest BCUT2D eigenvalue weighted by Gasteiger charge is -2.51. The van der Waals surface area contributed by atoms with Gasteiger partial charge in [0.15, 0.2) is 0 Å². The van der Waals surface area contributed by atoms with E-state index in [1.807, 2.05) is 0 Å². The van der Waals surface area contributed by atoms with E-state index >= 15 is 0 Å². The summed E-state index contributed by atoms with van der Waals surface area (Å²) in [7, 11) is 3.28. The highest BCUT2D eigenvalue weighted by Gasteiger charge is 2.49. The van der Waals surface area contributed by atoms with Gasteiger partial charge in [0, 0.05) is 29.2 Å². The highest BCUT2D eigenvalue weighted by molar-refractivity contribution is 5.98. The van der Waals surface area contributed by atoms with E-state index in [1.54, 1.807) is 0 Å². The molecule has 0 spiro atoms. The van der Waals surface area contributed by atoms with Crippen molar-refractivity contribution in [3.8, 4) is 11.8 Å². The highest BCUT2D eigenvalue weighted by atomic mass is 28.2. The predicted molar refractivity (Wildman–Crippen MR) is 124 cm³/mol. The number of carbonyl (C=O) groups is 1. The molecular weight excluding hydrogens is 384 g/mol. The Kier molecular flexibility index (Phi) is 6.70.